The molecule has 198 valence electrons. The quantitative estimate of drug-likeness (QED) is 0.161. The molecule has 2 atom stereocenters. The van der Waals surface area contributed by atoms with Crippen molar-refractivity contribution in [1.82, 2.24) is 10.2 Å². The minimum atomic E-state index is -0.800. The van der Waals surface area contributed by atoms with Crippen molar-refractivity contribution in [3.8, 4) is 0 Å². The second kappa shape index (κ2) is 11.9. The van der Waals surface area contributed by atoms with Crippen molar-refractivity contribution in [1.29, 1.82) is 0 Å². The van der Waals surface area contributed by atoms with Gasteiger partial charge in [-0.05, 0) is 40.4 Å². The molecule has 0 radical (unpaired) electrons. The summed E-state index contributed by atoms with van der Waals surface area (Å²) in [5.74, 6) is -1.02. The molecule has 10 heteroatoms. The molecule has 0 aliphatic carbocycles. The number of halogens is 2. The third-order valence-electron chi connectivity index (χ3n) is 6.42. The van der Waals surface area contributed by atoms with Gasteiger partial charge >= 0.3 is 5.97 Å². The standard InChI is InChI=1S/C29H22Cl2N2O4S2/c30-20-13-11-17(12-14-20)15-22(38)32-23-27(35)33-24(21(26(31)34)16-39-28(23)33)29(36)37-25(18-7-3-1-4-8-18)19-9-5-2-6-10-19/h1-14,23,25,28H,15-16H2,(H,32,38)/t23?,28-/m1/s1. The Labute approximate surface area is 245 Å². The molecule has 3 aromatic rings. The topological polar surface area (TPSA) is 75.7 Å². The van der Waals surface area contributed by atoms with E-state index >= 15 is 0 Å². The molecule has 2 aliphatic heterocycles. The lowest BCUT2D eigenvalue weighted by molar-refractivity contribution is -0.153. The highest BCUT2D eigenvalue weighted by Crippen LogP contribution is 2.42. The molecule has 39 heavy (non-hydrogen) atoms. The van der Waals surface area contributed by atoms with E-state index in [0.29, 0.717) is 16.4 Å². The number of hydrogen-bond donors (Lipinski definition) is 1. The fourth-order valence-corrected chi connectivity index (χ4v) is 6.51. The molecule has 2 heterocycles. The molecule has 1 unspecified atom stereocenters. The predicted octanol–water partition coefficient (Wildman–Crippen LogP) is 5.44. The summed E-state index contributed by atoms with van der Waals surface area (Å²) in [6, 6.07) is 25.2. The number of fused-ring (bicyclic) bond motifs is 1. The van der Waals surface area contributed by atoms with Crippen LogP contribution in [-0.4, -0.2) is 44.2 Å². The fraction of sp³-hybridized carbons (Fsp3) is 0.172. The van der Waals surface area contributed by atoms with E-state index in [1.807, 2.05) is 72.8 Å². The Morgan fingerprint density at radius 3 is 2.15 bits per heavy atom. The average molecular weight is 598 g/mol. The summed E-state index contributed by atoms with van der Waals surface area (Å²) in [6.45, 7) is 0. The largest absolute Gasteiger partial charge is 0.448 e. The van der Waals surface area contributed by atoms with Crippen molar-refractivity contribution in [2.24, 2.45) is 0 Å². The maximum Gasteiger partial charge on any atom is 0.356 e. The Morgan fingerprint density at radius 1 is 1.00 bits per heavy atom. The summed E-state index contributed by atoms with van der Waals surface area (Å²) in [5.41, 5.74) is 2.37. The molecule has 0 bridgehead atoms. The van der Waals surface area contributed by atoms with Crippen molar-refractivity contribution < 1.29 is 19.1 Å². The molecule has 0 aromatic heterocycles. The van der Waals surface area contributed by atoms with Gasteiger partial charge in [-0.25, -0.2) is 4.79 Å². The predicted molar refractivity (Wildman–Crippen MR) is 156 cm³/mol. The van der Waals surface area contributed by atoms with E-state index in [0.717, 1.165) is 16.7 Å². The van der Waals surface area contributed by atoms with Crippen LogP contribution in [0.25, 0.3) is 0 Å². The molecule has 0 saturated carbocycles. The molecule has 0 spiro atoms. The van der Waals surface area contributed by atoms with Gasteiger partial charge in [0.1, 0.15) is 17.1 Å². The number of ether oxygens (including phenoxy) is 1. The normalized spacial score (nSPS) is 18.3. The van der Waals surface area contributed by atoms with Crippen molar-refractivity contribution in [2.75, 3.05) is 5.75 Å². The van der Waals surface area contributed by atoms with Gasteiger partial charge in [-0.1, -0.05) is 96.6 Å². The lowest BCUT2D eigenvalue weighted by Crippen LogP contribution is -2.70. The molecule has 1 amide bonds. The van der Waals surface area contributed by atoms with Crippen LogP contribution in [0.1, 0.15) is 22.8 Å². The number of esters is 1. The summed E-state index contributed by atoms with van der Waals surface area (Å²) in [7, 11) is 0. The van der Waals surface area contributed by atoms with Gasteiger partial charge in [-0.15, -0.1) is 11.8 Å². The number of amides is 1. The van der Waals surface area contributed by atoms with Gasteiger partial charge in [-0.3, -0.25) is 14.5 Å². The Kier molecular flexibility index (Phi) is 8.37. The fourth-order valence-electron chi connectivity index (χ4n) is 4.52. The highest BCUT2D eigenvalue weighted by molar-refractivity contribution is 8.00. The zero-order valence-electron chi connectivity index (χ0n) is 20.4. The molecule has 3 aromatic carbocycles. The first-order chi connectivity index (χ1) is 18.8. The number of nitrogens with zero attached hydrogens (tertiary/aromatic N) is 1. The SMILES string of the molecule is O=C(Cl)C1=C(C(=O)OC(c2ccccc2)c2ccccc2)N2C(=O)C(NC(=S)Cc3ccc(Cl)cc3)[C@H]2SC1. The number of rotatable bonds is 8. The third-order valence-corrected chi connectivity index (χ3v) is 8.45. The maximum absolute atomic E-state index is 13.7. The number of thioether (sulfide) groups is 1. The van der Waals surface area contributed by atoms with Crippen LogP contribution < -0.4 is 5.32 Å². The zero-order valence-corrected chi connectivity index (χ0v) is 23.5. The smallest absolute Gasteiger partial charge is 0.356 e. The molecule has 1 N–H and O–H groups in total. The Morgan fingerprint density at radius 2 is 1.59 bits per heavy atom. The first-order valence-corrected chi connectivity index (χ1v) is 14.3. The van der Waals surface area contributed by atoms with Gasteiger partial charge in [-0.2, -0.15) is 0 Å². The van der Waals surface area contributed by atoms with Gasteiger partial charge in [0.15, 0.2) is 6.10 Å². The second-order valence-corrected chi connectivity index (χ2v) is 11.3. The van der Waals surface area contributed by atoms with Crippen LogP contribution in [0.4, 0.5) is 0 Å². The van der Waals surface area contributed by atoms with Crippen LogP contribution in [0.3, 0.4) is 0 Å². The number of carbonyl (C=O) groups excluding carboxylic acids is 3. The van der Waals surface area contributed by atoms with Crippen LogP contribution in [0, 0.1) is 0 Å². The van der Waals surface area contributed by atoms with E-state index in [1.54, 1.807) is 12.1 Å². The van der Waals surface area contributed by atoms with E-state index in [1.165, 1.54) is 16.7 Å². The van der Waals surface area contributed by atoms with Gasteiger partial charge < -0.3 is 10.1 Å². The molecule has 6 nitrogen and oxygen atoms in total. The van der Waals surface area contributed by atoms with Crippen molar-refractivity contribution >= 4 is 69.3 Å². The van der Waals surface area contributed by atoms with E-state index in [9.17, 15) is 14.4 Å². The summed E-state index contributed by atoms with van der Waals surface area (Å²) >= 11 is 18.7. The monoisotopic (exact) mass is 596 g/mol. The minimum Gasteiger partial charge on any atom is -0.448 e. The van der Waals surface area contributed by atoms with Gasteiger partial charge in [0.2, 0.25) is 0 Å². The van der Waals surface area contributed by atoms with Crippen LogP contribution in [0.2, 0.25) is 5.02 Å². The van der Waals surface area contributed by atoms with Crippen LogP contribution >= 0.6 is 47.2 Å². The Bertz CT molecular complexity index is 1410. The average Bonchev–Trinajstić information content (AvgIpc) is 2.95. The van der Waals surface area contributed by atoms with Crippen LogP contribution in [0.5, 0.6) is 0 Å². The number of hydrogen-bond acceptors (Lipinski definition) is 6. The number of carbonyl (C=O) groups is 3. The Balaban J connectivity index is 1.37. The highest BCUT2D eigenvalue weighted by Gasteiger charge is 2.55. The molecule has 1 saturated heterocycles. The Hall–Kier alpha value is -3.17. The van der Waals surface area contributed by atoms with E-state index in [2.05, 4.69) is 5.32 Å². The summed E-state index contributed by atoms with van der Waals surface area (Å²) in [4.78, 5) is 41.1. The van der Waals surface area contributed by atoms with Gasteiger partial charge in [0.05, 0.1) is 10.6 Å². The van der Waals surface area contributed by atoms with Gasteiger partial charge in [0, 0.05) is 17.2 Å². The van der Waals surface area contributed by atoms with Crippen LogP contribution in [-0.2, 0) is 25.5 Å². The van der Waals surface area contributed by atoms with Crippen molar-refractivity contribution in [3.63, 3.8) is 0 Å². The number of benzene rings is 3. The lowest BCUT2D eigenvalue weighted by atomic mass is 10.0. The molecular weight excluding hydrogens is 575 g/mol. The maximum atomic E-state index is 13.7. The van der Waals surface area contributed by atoms with E-state index in [4.69, 9.17) is 40.2 Å². The first kappa shape index (κ1) is 27.4. The number of β-lactam (4-membered cyclic amide) rings is 1. The first-order valence-electron chi connectivity index (χ1n) is 12.1. The number of nitrogens with one attached hydrogen (secondary N) is 1. The summed E-state index contributed by atoms with van der Waals surface area (Å²) < 4.78 is 5.98. The molecule has 5 rings (SSSR count). The summed E-state index contributed by atoms with van der Waals surface area (Å²) in [6.07, 6.45) is -0.316. The molecular formula is C29H22Cl2N2O4S2. The van der Waals surface area contributed by atoms with E-state index in [-0.39, 0.29) is 22.9 Å². The lowest BCUT2D eigenvalue weighted by Gasteiger charge is -2.49. The highest BCUT2D eigenvalue weighted by atomic mass is 35.5. The van der Waals surface area contributed by atoms with Gasteiger partial charge in [0.25, 0.3) is 11.1 Å². The second-order valence-electron chi connectivity index (χ2n) is 8.97. The summed E-state index contributed by atoms with van der Waals surface area (Å²) in [5, 5.41) is 2.49. The minimum absolute atomic E-state index is 0.0401. The van der Waals surface area contributed by atoms with Crippen molar-refractivity contribution in [3.05, 3.63) is 118 Å². The van der Waals surface area contributed by atoms with Crippen molar-refractivity contribution in [2.45, 2.75) is 23.9 Å². The molecule has 1 fully saturated rings. The van der Waals surface area contributed by atoms with E-state index < -0.39 is 28.7 Å². The number of thiocarbonyl (C=S) groups is 1. The zero-order chi connectivity index (χ0) is 27.5. The third kappa shape index (κ3) is 5.89. The van der Waals surface area contributed by atoms with Crippen LogP contribution in [0.15, 0.2) is 96.2 Å². The molecule has 2 aliphatic rings.